The van der Waals surface area contributed by atoms with Crippen molar-refractivity contribution < 1.29 is 9.46 Å². The van der Waals surface area contributed by atoms with Gasteiger partial charge in [0.1, 0.15) is 0 Å². The molecule has 0 aliphatic heterocycles. The van der Waals surface area contributed by atoms with Crippen molar-refractivity contribution in [2.45, 2.75) is 37.3 Å². The Bertz CT molecular complexity index is 57.7. The summed E-state index contributed by atoms with van der Waals surface area (Å²) in [6.07, 6.45) is 2.84. The van der Waals surface area contributed by atoms with E-state index in [9.17, 15) is 0 Å². The minimum Gasteiger partial charge on any atom is -0.772 e. The summed E-state index contributed by atoms with van der Waals surface area (Å²) in [7, 11) is -1.08. The van der Waals surface area contributed by atoms with E-state index in [1.807, 2.05) is 0 Å². The van der Waals surface area contributed by atoms with Crippen LogP contribution in [-0.4, -0.2) is 15.2 Å². The second-order valence-corrected chi connectivity index (χ2v) is 4.03. The van der Waals surface area contributed by atoms with Crippen LogP contribution >= 0.6 is 8.69 Å². The first-order valence-electron chi connectivity index (χ1n) is 3.60. The smallest absolute Gasteiger partial charge is 0.0642 e. The van der Waals surface area contributed by atoms with Gasteiger partial charge in [-0.2, -0.15) is 0 Å². The summed E-state index contributed by atoms with van der Waals surface area (Å²) in [4.78, 5) is 8.35. The van der Waals surface area contributed by atoms with E-state index in [1.165, 1.54) is 23.4 Å². The van der Waals surface area contributed by atoms with Gasteiger partial charge < -0.3 is 4.89 Å². The van der Waals surface area contributed by atoms with Crippen molar-refractivity contribution in [2.75, 3.05) is 0 Å². The van der Waals surface area contributed by atoms with Crippen molar-refractivity contribution >= 4 is 23.9 Å². The van der Waals surface area contributed by atoms with E-state index in [0.29, 0.717) is 0 Å². The Labute approximate surface area is 71.0 Å². The predicted octanol–water partition coefficient (Wildman–Crippen LogP) is 1.90. The van der Waals surface area contributed by atoms with Crippen LogP contribution in [-0.2, 0) is 4.57 Å². The van der Waals surface area contributed by atoms with Gasteiger partial charge in [0.2, 0.25) is 0 Å². The molecule has 0 spiro atoms. The van der Waals surface area contributed by atoms with Crippen molar-refractivity contribution in [3.63, 3.8) is 0 Å². The minimum absolute atomic E-state index is 0.816. The zero-order valence-corrected chi connectivity index (χ0v) is 8.72. The van der Waals surface area contributed by atoms with E-state index in [2.05, 4.69) is 13.8 Å². The Morgan fingerprint density at radius 3 is 2.30 bits per heavy atom. The molecule has 0 aliphatic carbocycles. The van der Waals surface area contributed by atoms with Gasteiger partial charge >= 0.3 is 52.5 Å². The maximum Gasteiger partial charge on any atom is 0.0642 e. The molecule has 0 amide bonds. The summed E-state index contributed by atoms with van der Waals surface area (Å²) in [6, 6.07) is 0. The van der Waals surface area contributed by atoms with E-state index in [4.69, 9.17) is 9.46 Å². The molecule has 0 fully saturated rings. The molecular formula is C6H14AlO2P. The van der Waals surface area contributed by atoms with Gasteiger partial charge in [0.05, 0.1) is 8.69 Å². The quantitative estimate of drug-likeness (QED) is 0.373. The first-order chi connectivity index (χ1) is 4.83. The zero-order valence-electron chi connectivity index (χ0n) is 6.67. The summed E-state index contributed by atoms with van der Waals surface area (Å²) >= 11 is 0.816. The van der Waals surface area contributed by atoms with E-state index in [1.54, 1.807) is 0 Å². The number of hydrogen-bond donors (Lipinski definition) is 0. The molecule has 0 saturated heterocycles. The average molecular weight is 176 g/mol. The number of hydrogen-bond acceptors (Lipinski definition) is 2. The van der Waals surface area contributed by atoms with Crippen LogP contribution < -0.4 is 4.89 Å². The summed E-state index contributed by atoms with van der Waals surface area (Å²) in [5.41, 5.74) is 0. The average Bonchev–Trinajstić information content (AvgIpc) is 1.91. The summed E-state index contributed by atoms with van der Waals surface area (Å²) in [5, 5.41) is 2.97. The Hall–Kier alpha value is 0.592. The van der Waals surface area contributed by atoms with E-state index >= 15 is 0 Å². The molecule has 0 aromatic heterocycles. The van der Waals surface area contributed by atoms with Crippen LogP contribution in [0.5, 0.6) is 0 Å². The molecule has 0 rings (SSSR count). The van der Waals surface area contributed by atoms with Crippen LogP contribution in [0.3, 0.4) is 0 Å². The predicted molar refractivity (Wildman–Crippen MR) is 43.6 cm³/mol. The van der Waals surface area contributed by atoms with Crippen LogP contribution in [0.2, 0.25) is 10.6 Å². The zero-order chi connectivity index (χ0) is 8.24. The molecular weight excluding hydrogens is 162 g/mol. The van der Waals surface area contributed by atoms with Gasteiger partial charge in [0.15, 0.2) is 0 Å². The van der Waals surface area contributed by atoms with Crippen LogP contribution in [0.4, 0.5) is 0 Å². The van der Waals surface area contributed by atoms with Crippen LogP contribution in [0, 0.1) is 0 Å². The normalized spacial score (nSPS) is 7.90. The number of unbranched alkanes of at least 4 members (excludes halogenated alkanes) is 1. The van der Waals surface area contributed by atoms with Crippen LogP contribution in [0.1, 0.15) is 26.7 Å². The van der Waals surface area contributed by atoms with Gasteiger partial charge in [-0.15, -0.1) is 0 Å². The molecule has 0 atom stereocenters. The number of rotatable bonds is 4. The third-order valence-electron chi connectivity index (χ3n) is 1.05. The molecule has 0 bridgehead atoms. The molecule has 0 aliphatic rings. The van der Waals surface area contributed by atoms with Gasteiger partial charge in [-0.05, 0) is 0 Å². The fraction of sp³-hybridized carbons (Fsp3) is 1.00. The Morgan fingerprint density at radius 1 is 1.50 bits per heavy atom. The monoisotopic (exact) mass is 176 g/mol. The Kier molecular flexibility index (Phi) is 21.5. The first kappa shape index (κ1) is 13.2. The van der Waals surface area contributed by atoms with Gasteiger partial charge in [-0.25, -0.2) is 0 Å². The third kappa shape index (κ3) is 23.5. The largest absolute Gasteiger partial charge is 0.772 e. The second-order valence-electron chi connectivity index (χ2n) is 1.91. The molecule has 10 heavy (non-hydrogen) atoms. The van der Waals surface area contributed by atoms with Gasteiger partial charge in [0, 0.05) is 0 Å². The fourth-order valence-corrected chi connectivity index (χ4v) is 1.66. The van der Waals surface area contributed by atoms with E-state index in [0.717, 1.165) is 15.2 Å². The molecule has 0 aromatic carbocycles. The Morgan fingerprint density at radius 2 is 2.00 bits per heavy atom. The molecule has 58 valence electrons. The summed E-state index contributed by atoms with van der Waals surface area (Å²) in [6.45, 7) is 4.54. The van der Waals surface area contributed by atoms with Crippen molar-refractivity contribution in [2.24, 2.45) is 0 Å². The maximum absolute atomic E-state index is 8.35. The maximum atomic E-state index is 8.35. The SMILES string of the molecule is CCC[CH2][Al+][CH2]C.O=P[O-]. The van der Waals surface area contributed by atoms with Gasteiger partial charge in [0.25, 0.3) is 0 Å². The fourth-order valence-electron chi connectivity index (χ4n) is 0.553. The van der Waals surface area contributed by atoms with Crippen molar-refractivity contribution in [1.29, 1.82) is 0 Å². The molecule has 0 N–H and O–H groups in total. The molecule has 0 aromatic rings. The van der Waals surface area contributed by atoms with Crippen LogP contribution in [0.25, 0.3) is 0 Å². The van der Waals surface area contributed by atoms with Crippen molar-refractivity contribution in [1.82, 2.24) is 0 Å². The van der Waals surface area contributed by atoms with Crippen molar-refractivity contribution in [3.05, 3.63) is 0 Å². The molecule has 4 heteroatoms. The van der Waals surface area contributed by atoms with Crippen molar-refractivity contribution in [3.8, 4) is 0 Å². The van der Waals surface area contributed by atoms with Gasteiger partial charge in [-0.3, -0.25) is 4.57 Å². The molecule has 0 radical (unpaired) electrons. The van der Waals surface area contributed by atoms with Gasteiger partial charge in [-0.1, -0.05) is 0 Å². The molecule has 0 unspecified atom stereocenters. The topological polar surface area (TPSA) is 40.1 Å². The first-order valence-corrected chi connectivity index (χ1v) is 5.96. The summed E-state index contributed by atoms with van der Waals surface area (Å²) in [5.74, 6) is 0. The molecule has 0 saturated carbocycles. The second kappa shape index (κ2) is 16.3. The van der Waals surface area contributed by atoms with Crippen LogP contribution in [0.15, 0.2) is 0 Å². The van der Waals surface area contributed by atoms with E-state index in [-0.39, 0.29) is 0 Å². The standard InChI is InChI=1S/C4H9.C2H5.Al.HO2P/c1-3-4-2;1-2;;1-3-2/h1,3-4H2,2H3;1H2,2H3;;(H,1,2)/q;;+1;/p-1. The third-order valence-corrected chi connectivity index (χ3v) is 2.44. The summed E-state index contributed by atoms with van der Waals surface area (Å²) < 4.78 is 8.35. The molecule has 0 heterocycles. The Balaban J connectivity index is 0. The van der Waals surface area contributed by atoms with E-state index < -0.39 is 8.69 Å². The minimum atomic E-state index is -1.08. The molecule has 2 nitrogen and oxygen atoms in total.